The highest BCUT2D eigenvalue weighted by atomic mass is 127. The maximum absolute atomic E-state index is 12.3. The molecular weight excluding hydrogens is 485 g/mol. The molecule has 7 heteroatoms. The molecule has 2 N–H and O–H groups in total. The van der Waals surface area contributed by atoms with Gasteiger partial charge in [0, 0.05) is 46.9 Å². The first-order valence-corrected chi connectivity index (χ1v) is 11.7. The van der Waals surface area contributed by atoms with E-state index in [9.17, 15) is 4.21 Å². The van der Waals surface area contributed by atoms with E-state index < -0.39 is 10.8 Å². The van der Waals surface area contributed by atoms with E-state index in [0.29, 0.717) is 35.6 Å². The number of hydrogen-bond donors (Lipinski definition) is 2. The van der Waals surface area contributed by atoms with Gasteiger partial charge in [0.05, 0.1) is 12.6 Å². The van der Waals surface area contributed by atoms with Gasteiger partial charge in [0.15, 0.2) is 5.96 Å². The minimum Gasteiger partial charge on any atom is -0.378 e. The summed E-state index contributed by atoms with van der Waals surface area (Å²) in [5, 5.41) is 6.96. The number of guanidine groups is 1. The second kappa shape index (κ2) is 11.5. The van der Waals surface area contributed by atoms with Crippen molar-refractivity contribution in [1.82, 2.24) is 10.6 Å². The maximum Gasteiger partial charge on any atom is 0.191 e. The van der Waals surface area contributed by atoms with Gasteiger partial charge in [-0.15, -0.1) is 24.0 Å². The quantitative estimate of drug-likeness (QED) is 0.298. The molecule has 3 rings (SSSR count). The summed E-state index contributed by atoms with van der Waals surface area (Å²) >= 11 is 0. The van der Waals surface area contributed by atoms with Crippen molar-refractivity contribution in [2.45, 2.75) is 57.4 Å². The Morgan fingerprint density at radius 3 is 2.64 bits per heavy atom. The average molecular weight is 519 g/mol. The van der Waals surface area contributed by atoms with Crippen molar-refractivity contribution >= 4 is 40.7 Å². The Morgan fingerprint density at radius 2 is 2.04 bits per heavy atom. The van der Waals surface area contributed by atoms with E-state index in [-0.39, 0.29) is 24.0 Å². The summed E-state index contributed by atoms with van der Waals surface area (Å²) < 4.78 is 18.2. The summed E-state index contributed by atoms with van der Waals surface area (Å²) in [7, 11) is -0.889. The zero-order chi connectivity index (χ0) is 19.1. The van der Waals surface area contributed by atoms with E-state index in [0.717, 1.165) is 31.1 Å². The van der Waals surface area contributed by atoms with Crippen LogP contribution in [0.4, 0.5) is 0 Å². The van der Waals surface area contributed by atoms with Crippen LogP contribution in [0.5, 0.6) is 0 Å². The molecule has 2 fully saturated rings. The van der Waals surface area contributed by atoms with Crippen LogP contribution < -0.4 is 10.6 Å². The first-order valence-electron chi connectivity index (χ1n) is 10.2. The summed E-state index contributed by atoms with van der Waals surface area (Å²) in [6.45, 7) is 6.35. The fourth-order valence-electron chi connectivity index (χ4n) is 4.22. The number of nitrogens with zero attached hydrogens (tertiary/aromatic N) is 1. The molecule has 1 spiro atoms. The Labute approximate surface area is 189 Å². The molecule has 2 aliphatic rings. The largest absolute Gasteiger partial charge is 0.378 e. The van der Waals surface area contributed by atoms with Crippen LogP contribution in [0, 0.1) is 5.41 Å². The first-order chi connectivity index (χ1) is 13.2. The highest BCUT2D eigenvalue weighted by Gasteiger charge is 2.59. The molecule has 2 saturated carbocycles. The highest BCUT2D eigenvalue weighted by molar-refractivity contribution is 14.0. The highest BCUT2D eigenvalue weighted by Crippen LogP contribution is 2.57. The van der Waals surface area contributed by atoms with E-state index in [1.165, 1.54) is 19.3 Å². The van der Waals surface area contributed by atoms with Crippen molar-refractivity contribution in [3.63, 3.8) is 0 Å². The Hall–Kier alpha value is -0.670. The summed E-state index contributed by atoms with van der Waals surface area (Å²) in [5.41, 5.74) is 1.43. The molecule has 0 amide bonds. The van der Waals surface area contributed by atoms with Gasteiger partial charge in [0.2, 0.25) is 0 Å². The molecule has 0 saturated heterocycles. The first kappa shape index (κ1) is 23.6. The Kier molecular flexibility index (Phi) is 9.69. The molecule has 2 aliphatic carbocycles. The number of rotatable bonds is 9. The SMILES string of the molecule is CCNC(=NCCS(=O)Cc1ccccc1)NC1CC(OCC)C12CCC2.I. The van der Waals surface area contributed by atoms with Crippen LogP contribution >= 0.6 is 24.0 Å². The monoisotopic (exact) mass is 519 g/mol. The zero-order valence-corrected chi connectivity index (χ0v) is 20.1. The molecular formula is C21H34IN3O2S. The summed E-state index contributed by atoms with van der Waals surface area (Å²) in [5.74, 6) is 2.03. The standard InChI is InChI=1S/C21H33N3O2S.HI/c1-3-22-20(23-13-14-27(25)16-17-9-6-5-7-10-17)24-18-15-19(26-4-2)21(18)11-8-12-21;/h5-7,9-10,18-19H,3-4,8,11-16H2,1-2H3,(H2,22,23,24);1H. The van der Waals surface area contributed by atoms with Crippen LogP contribution in [0.1, 0.15) is 45.1 Å². The summed E-state index contributed by atoms with van der Waals surface area (Å²) in [4.78, 5) is 4.67. The lowest BCUT2D eigenvalue weighted by Gasteiger charge is -2.61. The number of halogens is 1. The lowest BCUT2D eigenvalue weighted by Crippen LogP contribution is -2.68. The lowest BCUT2D eigenvalue weighted by molar-refractivity contribution is -0.168. The van der Waals surface area contributed by atoms with Crippen molar-refractivity contribution in [1.29, 1.82) is 0 Å². The topological polar surface area (TPSA) is 62.7 Å². The summed E-state index contributed by atoms with van der Waals surface area (Å²) in [6, 6.07) is 10.4. The van der Waals surface area contributed by atoms with Crippen molar-refractivity contribution in [3.05, 3.63) is 35.9 Å². The number of hydrogen-bond acceptors (Lipinski definition) is 3. The molecule has 3 atom stereocenters. The molecule has 5 nitrogen and oxygen atoms in total. The Balaban J connectivity index is 0.00000280. The minimum atomic E-state index is -0.889. The van der Waals surface area contributed by atoms with Gasteiger partial charge in [0.25, 0.3) is 0 Å². The van der Waals surface area contributed by atoms with Gasteiger partial charge in [-0.05, 0) is 38.7 Å². The average Bonchev–Trinajstić information content (AvgIpc) is 2.60. The number of ether oxygens (including phenoxy) is 1. The molecule has 1 aromatic rings. The Morgan fingerprint density at radius 1 is 1.29 bits per heavy atom. The van der Waals surface area contributed by atoms with Crippen molar-refractivity contribution < 1.29 is 8.95 Å². The fourth-order valence-corrected chi connectivity index (χ4v) is 5.22. The number of nitrogens with one attached hydrogen (secondary N) is 2. The molecule has 0 bridgehead atoms. The van der Waals surface area contributed by atoms with Crippen molar-refractivity contribution in [2.24, 2.45) is 10.4 Å². The smallest absolute Gasteiger partial charge is 0.191 e. The minimum absolute atomic E-state index is 0. The molecule has 0 radical (unpaired) electrons. The molecule has 0 heterocycles. The van der Waals surface area contributed by atoms with Crippen LogP contribution in [0.2, 0.25) is 0 Å². The van der Waals surface area contributed by atoms with E-state index in [1.807, 2.05) is 30.3 Å². The van der Waals surface area contributed by atoms with Crippen molar-refractivity contribution in [3.8, 4) is 0 Å². The predicted octanol–water partition coefficient (Wildman–Crippen LogP) is 3.46. The van der Waals surface area contributed by atoms with Crippen LogP contribution in [0.25, 0.3) is 0 Å². The third-order valence-corrected chi connectivity index (χ3v) is 7.15. The van der Waals surface area contributed by atoms with Crippen LogP contribution in [0.15, 0.2) is 35.3 Å². The molecule has 1 aromatic carbocycles. The van der Waals surface area contributed by atoms with E-state index >= 15 is 0 Å². The molecule has 0 aromatic heterocycles. The molecule has 28 heavy (non-hydrogen) atoms. The van der Waals surface area contributed by atoms with Gasteiger partial charge in [-0.1, -0.05) is 36.8 Å². The zero-order valence-electron chi connectivity index (χ0n) is 17.0. The van der Waals surface area contributed by atoms with Crippen molar-refractivity contribution in [2.75, 3.05) is 25.4 Å². The van der Waals surface area contributed by atoms with Gasteiger partial charge in [-0.3, -0.25) is 9.20 Å². The number of aliphatic imine (C=N–C) groups is 1. The second-order valence-electron chi connectivity index (χ2n) is 7.50. The van der Waals surface area contributed by atoms with Crippen LogP contribution in [-0.2, 0) is 21.3 Å². The molecule has 158 valence electrons. The fraction of sp³-hybridized carbons (Fsp3) is 0.667. The van der Waals surface area contributed by atoms with Gasteiger partial charge in [-0.25, -0.2) is 0 Å². The van der Waals surface area contributed by atoms with E-state index in [4.69, 9.17) is 4.74 Å². The summed E-state index contributed by atoms with van der Waals surface area (Å²) in [6.07, 6.45) is 5.24. The maximum atomic E-state index is 12.3. The predicted molar refractivity (Wildman–Crippen MR) is 128 cm³/mol. The molecule has 0 aliphatic heterocycles. The van der Waals surface area contributed by atoms with Gasteiger partial charge < -0.3 is 15.4 Å². The van der Waals surface area contributed by atoms with Gasteiger partial charge in [-0.2, -0.15) is 0 Å². The lowest BCUT2D eigenvalue weighted by atomic mass is 9.51. The van der Waals surface area contributed by atoms with Crippen LogP contribution in [-0.4, -0.2) is 47.8 Å². The molecule has 3 unspecified atom stereocenters. The third-order valence-electron chi connectivity index (χ3n) is 5.85. The van der Waals surface area contributed by atoms with Crippen LogP contribution in [0.3, 0.4) is 0 Å². The second-order valence-corrected chi connectivity index (χ2v) is 9.07. The number of benzene rings is 1. The van der Waals surface area contributed by atoms with Gasteiger partial charge >= 0.3 is 0 Å². The van der Waals surface area contributed by atoms with Gasteiger partial charge in [0.1, 0.15) is 0 Å². The third kappa shape index (κ3) is 5.69. The Bertz CT molecular complexity index is 652. The normalized spacial score (nSPS) is 23.9. The van der Waals surface area contributed by atoms with E-state index in [1.54, 1.807) is 0 Å². The van der Waals surface area contributed by atoms with E-state index in [2.05, 4.69) is 29.5 Å².